The second-order valence-corrected chi connectivity index (χ2v) is 12.8. The van der Waals surface area contributed by atoms with Gasteiger partial charge in [-0.15, -0.1) is 11.8 Å². The summed E-state index contributed by atoms with van der Waals surface area (Å²) < 4.78 is 5.88. The summed E-state index contributed by atoms with van der Waals surface area (Å²) in [5.74, 6) is -0.442. The average molecular weight is 697 g/mol. The maximum absolute atomic E-state index is 13.5. The molecule has 242 valence electrons. The average Bonchev–Trinajstić information content (AvgIpc) is 3.10. The van der Waals surface area contributed by atoms with Crippen molar-refractivity contribution >= 4 is 70.1 Å². The van der Waals surface area contributed by atoms with E-state index in [9.17, 15) is 14.4 Å². The molecule has 1 atom stereocenters. The van der Waals surface area contributed by atoms with E-state index in [0.29, 0.717) is 44.9 Å². The first-order valence-corrected chi connectivity index (χ1v) is 16.6. The fourth-order valence-corrected chi connectivity index (χ4v) is 5.57. The van der Waals surface area contributed by atoms with Crippen molar-refractivity contribution in [2.24, 2.45) is 0 Å². The molecule has 7 nitrogen and oxygen atoms in total. The Kier molecular flexibility index (Phi) is 11.9. The van der Waals surface area contributed by atoms with E-state index in [0.717, 1.165) is 10.5 Å². The Morgan fingerprint density at radius 3 is 2.06 bits per heavy atom. The van der Waals surface area contributed by atoms with Crippen molar-refractivity contribution < 1.29 is 19.1 Å². The molecule has 0 aromatic heterocycles. The second kappa shape index (κ2) is 16.7. The van der Waals surface area contributed by atoms with Crippen LogP contribution in [0.15, 0.2) is 138 Å². The highest BCUT2D eigenvalue weighted by Crippen LogP contribution is 2.28. The topological polar surface area (TPSA) is 96.5 Å². The number of ether oxygens (including phenoxy) is 1. The van der Waals surface area contributed by atoms with Crippen molar-refractivity contribution in [1.82, 2.24) is 5.32 Å². The number of halogens is 2. The number of benzene rings is 5. The number of carbonyl (C=O) groups excluding carboxylic acids is 3. The lowest BCUT2D eigenvalue weighted by atomic mass is 10.1. The first-order chi connectivity index (χ1) is 23.2. The monoisotopic (exact) mass is 695 g/mol. The quantitative estimate of drug-likeness (QED) is 0.0894. The number of hydrogen-bond acceptors (Lipinski definition) is 5. The molecule has 0 aliphatic rings. The summed E-state index contributed by atoms with van der Waals surface area (Å²) in [5.41, 5.74) is 3.29. The molecule has 1 unspecified atom stereocenters. The number of carbonyl (C=O) groups is 3. The molecule has 0 bridgehead atoms. The summed E-state index contributed by atoms with van der Waals surface area (Å²) in [5, 5.41) is 8.79. The van der Waals surface area contributed by atoms with Crippen LogP contribution in [0.5, 0.6) is 5.75 Å². The summed E-state index contributed by atoms with van der Waals surface area (Å²) >= 11 is 13.4. The van der Waals surface area contributed by atoms with E-state index in [4.69, 9.17) is 27.9 Å². The van der Waals surface area contributed by atoms with Gasteiger partial charge in [0.15, 0.2) is 0 Å². The van der Waals surface area contributed by atoms with Crippen molar-refractivity contribution in [1.29, 1.82) is 0 Å². The van der Waals surface area contributed by atoms with Crippen molar-refractivity contribution in [2.45, 2.75) is 23.7 Å². The SMILES string of the molecule is CC(Sc1ccc(NC(=O)/C(=C/c2ccc(OCc3ccccc3)cc2)NC(=O)c2ccccc2)cc1)C(=O)Nc1ccc(Cl)c(Cl)c1. The van der Waals surface area contributed by atoms with Gasteiger partial charge in [0.1, 0.15) is 18.1 Å². The molecule has 0 radical (unpaired) electrons. The van der Waals surface area contributed by atoms with Crippen LogP contribution < -0.4 is 20.7 Å². The fourth-order valence-electron chi connectivity index (χ4n) is 4.40. The maximum atomic E-state index is 13.5. The van der Waals surface area contributed by atoms with Gasteiger partial charge >= 0.3 is 0 Å². The molecule has 48 heavy (non-hydrogen) atoms. The highest BCUT2D eigenvalue weighted by molar-refractivity contribution is 8.00. The van der Waals surface area contributed by atoms with Crippen molar-refractivity contribution in [3.8, 4) is 5.75 Å². The van der Waals surface area contributed by atoms with Gasteiger partial charge in [0, 0.05) is 21.8 Å². The van der Waals surface area contributed by atoms with E-state index in [1.807, 2.05) is 72.8 Å². The standard InChI is InChI=1S/C38H31Cl2N3O4S/c1-25(36(44)42-30-16-21-33(39)34(40)23-30)48-32-19-14-29(15-20-32)41-38(46)35(43-37(45)28-10-6-3-7-11-28)22-26-12-17-31(18-13-26)47-24-27-8-4-2-5-9-27/h2-23,25H,24H2,1H3,(H,41,46)(H,42,44)(H,43,45)/b35-22-. The second-order valence-electron chi connectivity index (χ2n) is 10.6. The lowest BCUT2D eigenvalue weighted by Crippen LogP contribution is -2.30. The molecule has 5 rings (SSSR count). The number of amides is 3. The Bertz CT molecular complexity index is 1900. The molecule has 3 amide bonds. The Hall–Kier alpha value is -5.02. The molecule has 10 heteroatoms. The molecule has 3 N–H and O–H groups in total. The van der Waals surface area contributed by atoms with E-state index < -0.39 is 17.1 Å². The van der Waals surface area contributed by atoms with E-state index >= 15 is 0 Å². The number of nitrogens with one attached hydrogen (secondary N) is 3. The number of thioether (sulfide) groups is 1. The van der Waals surface area contributed by atoms with Gasteiger partial charge in [-0.05, 0) is 90.9 Å². The smallest absolute Gasteiger partial charge is 0.272 e. The van der Waals surface area contributed by atoms with Gasteiger partial charge in [-0.3, -0.25) is 14.4 Å². The molecule has 0 fully saturated rings. The molecule has 5 aromatic rings. The highest BCUT2D eigenvalue weighted by Gasteiger charge is 2.17. The minimum atomic E-state index is -0.501. The number of rotatable bonds is 12. The van der Waals surface area contributed by atoms with Crippen LogP contribution in [0.3, 0.4) is 0 Å². The van der Waals surface area contributed by atoms with Gasteiger partial charge in [0.2, 0.25) is 5.91 Å². The van der Waals surface area contributed by atoms with Crippen LogP contribution in [0.25, 0.3) is 6.08 Å². The van der Waals surface area contributed by atoms with Crippen LogP contribution >= 0.6 is 35.0 Å². The van der Waals surface area contributed by atoms with Crippen LogP contribution in [0.1, 0.15) is 28.4 Å². The highest BCUT2D eigenvalue weighted by atomic mass is 35.5. The molecular formula is C38H31Cl2N3O4S. The van der Waals surface area contributed by atoms with Crippen molar-refractivity contribution in [3.63, 3.8) is 0 Å². The Morgan fingerprint density at radius 2 is 1.40 bits per heavy atom. The van der Waals surface area contributed by atoms with Crippen molar-refractivity contribution in [3.05, 3.63) is 160 Å². The van der Waals surface area contributed by atoms with Gasteiger partial charge in [0.05, 0.1) is 15.3 Å². The summed E-state index contributed by atoms with van der Waals surface area (Å²) in [6.45, 7) is 2.22. The summed E-state index contributed by atoms with van der Waals surface area (Å²) in [7, 11) is 0. The fraction of sp³-hybridized carbons (Fsp3) is 0.0789. The zero-order valence-electron chi connectivity index (χ0n) is 25.8. The molecule has 0 spiro atoms. The number of hydrogen-bond donors (Lipinski definition) is 3. The summed E-state index contributed by atoms with van der Waals surface area (Å²) in [6.07, 6.45) is 1.61. The minimum absolute atomic E-state index is 0.0628. The van der Waals surface area contributed by atoms with E-state index in [2.05, 4.69) is 16.0 Å². The predicted molar refractivity (Wildman–Crippen MR) is 195 cm³/mol. The Balaban J connectivity index is 1.24. The molecule has 0 heterocycles. The molecule has 0 saturated heterocycles. The van der Waals surface area contributed by atoms with Gasteiger partial charge in [-0.1, -0.05) is 83.9 Å². The summed E-state index contributed by atoms with van der Waals surface area (Å²) in [6, 6.07) is 37.8. The van der Waals surface area contributed by atoms with Crippen LogP contribution in [0.4, 0.5) is 11.4 Å². The molecule has 0 saturated carbocycles. The molecule has 0 aliphatic heterocycles. The third-order valence-electron chi connectivity index (χ3n) is 6.95. The lowest BCUT2D eigenvalue weighted by molar-refractivity contribution is -0.115. The largest absolute Gasteiger partial charge is 0.489 e. The molecule has 5 aromatic carbocycles. The van der Waals surface area contributed by atoms with Crippen LogP contribution in [0.2, 0.25) is 10.0 Å². The third kappa shape index (κ3) is 9.99. The zero-order chi connectivity index (χ0) is 33.9. The van der Waals surface area contributed by atoms with Crippen LogP contribution in [-0.4, -0.2) is 23.0 Å². The number of anilines is 2. The Labute approximate surface area is 293 Å². The zero-order valence-corrected chi connectivity index (χ0v) is 28.1. The van der Waals surface area contributed by atoms with Gasteiger partial charge in [0.25, 0.3) is 11.8 Å². The first-order valence-electron chi connectivity index (χ1n) is 14.9. The minimum Gasteiger partial charge on any atom is -0.489 e. The molecule has 0 aliphatic carbocycles. The van der Waals surface area contributed by atoms with Gasteiger partial charge < -0.3 is 20.7 Å². The molecular weight excluding hydrogens is 665 g/mol. The van der Waals surface area contributed by atoms with Crippen LogP contribution in [0, 0.1) is 0 Å². The van der Waals surface area contributed by atoms with E-state index in [1.54, 1.807) is 67.6 Å². The van der Waals surface area contributed by atoms with Gasteiger partial charge in [-0.25, -0.2) is 0 Å². The van der Waals surface area contributed by atoms with E-state index in [-0.39, 0.29) is 11.6 Å². The first kappa shape index (κ1) is 34.3. The van der Waals surface area contributed by atoms with Crippen molar-refractivity contribution in [2.75, 3.05) is 10.6 Å². The summed E-state index contributed by atoms with van der Waals surface area (Å²) in [4.78, 5) is 40.1. The van der Waals surface area contributed by atoms with Gasteiger partial charge in [-0.2, -0.15) is 0 Å². The normalized spacial score (nSPS) is 11.7. The predicted octanol–water partition coefficient (Wildman–Crippen LogP) is 9.10. The van der Waals surface area contributed by atoms with E-state index in [1.165, 1.54) is 11.8 Å². The third-order valence-corrected chi connectivity index (χ3v) is 8.80. The Morgan fingerprint density at radius 1 is 0.750 bits per heavy atom. The lowest BCUT2D eigenvalue weighted by Gasteiger charge is -2.14. The maximum Gasteiger partial charge on any atom is 0.272 e. The van der Waals surface area contributed by atoms with Crippen LogP contribution in [-0.2, 0) is 16.2 Å².